The largest absolute Gasteiger partial charge is 0.771 e. The van der Waals surface area contributed by atoms with Gasteiger partial charge in [0.05, 0.1) is 0 Å². The summed E-state index contributed by atoms with van der Waals surface area (Å²) in [5.41, 5.74) is 0. The first-order chi connectivity index (χ1) is 2.89. The van der Waals surface area contributed by atoms with Gasteiger partial charge < -0.3 is 10.4 Å². The van der Waals surface area contributed by atoms with Gasteiger partial charge in [-0.25, -0.2) is 5.20 Å². The second-order valence-corrected chi connectivity index (χ2v) is 2.22. The van der Waals surface area contributed by atoms with Crippen molar-refractivity contribution in [3.63, 3.8) is 0 Å². The minimum Gasteiger partial charge on any atom is -0.771 e. The van der Waals surface area contributed by atoms with E-state index >= 15 is 0 Å². The van der Waals surface area contributed by atoms with Crippen LogP contribution in [0.3, 0.4) is 0 Å². The molecule has 1 unspecified atom stereocenters. The summed E-state index contributed by atoms with van der Waals surface area (Å²) in [4.78, 5) is 0. The van der Waals surface area contributed by atoms with E-state index in [1.54, 1.807) is 0 Å². The van der Waals surface area contributed by atoms with E-state index in [0.717, 1.165) is 11.3 Å². The van der Waals surface area contributed by atoms with Crippen molar-refractivity contribution in [2.45, 2.75) is 0 Å². The number of rotatable bonds is 0. The SMILES string of the molecule is [O-]N1CCPN1. The monoisotopic (exact) mass is 105 g/mol. The van der Waals surface area contributed by atoms with Crippen molar-refractivity contribution in [1.82, 2.24) is 10.4 Å². The molecule has 1 rings (SSSR count). The van der Waals surface area contributed by atoms with Crippen LogP contribution < -0.4 is 5.20 Å². The van der Waals surface area contributed by atoms with Crippen LogP contribution in [0.15, 0.2) is 0 Å². The van der Waals surface area contributed by atoms with Gasteiger partial charge >= 0.3 is 0 Å². The smallest absolute Gasteiger partial charge is 0.00469 e. The lowest BCUT2D eigenvalue weighted by Gasteiger charge is -2.18. The van der Waals surface area contributed by atoms with Crippen LogP contribution in [0.4, 0.5) is 0 Å². The molecule has 0 saturated carbocycles. The Balaban J connectivity index is 2.18. The van der Waals surface area contributed by atoms with Crippen LogP contribution in [0.5, 0.6) is 0 Å². The molecular weight excluding hydrogens is 99.0 g/mol. The van der Waals surface area contributed by atoms with Crippen molar-refractivity contribution in [3.8, 4) is 0 Å². The van der Waals surface area contributed by atoms with Gasteiger partial charge in [-0.1, -0.05) is 0 Å². The minimum atomic E-state index is 0.652. The predicted octanol–water partition coefficient (Wildman–Crippen LogP) is -0.102. The third kappa shape index (κ3) is 0.884. The summed E-state index contributed by atoms with van der Waals surface area (Å²) in [6.07, 6.45) is 1.02. The highest BCUT2D eigenvalue weighted by atomic mass is 31.1. The van der Waals surface area contributed by atoms with Crippen molar-refractivity contribution in [1.29, 1.82) is 0 Å². The van der Waals surface area contributed by atoms with E-state index in [2.05, 4.69) is 5.20 Å². The van der Waals surface area contributed by atoms with Crippen LogP contribution in [0, 0.1) is 5.21 Å². The van der Waals surface area contributed by atoms with Crippen molar-refractivity contribution >= 4 is 8.73 Å². The highest BCUT2D eigenvalue weighted by Gasteiger charge is 1.96. The average molecular weight is 105 g/mol. The summed E-state index contributed by atoms with van der Waals surface area (Å²) in [7, 11) is 0.652. The molecule has 0 bridgehead atoms. The van der Waals surface area contributed by atoms with Gasteiger partial charge in [0.15, 0.2) is 0 Å². The summed E-state index contributed by atoms with van der Waals surface area (Å²) < 4.78 is 0. The Hall–Kier alpha value is 0.310. The summed E-state index contributed by atoms with van der Waals surface area (Å²) >= 11 is 0. The van der Waals surface area contributed by atoms with E-state index in [0.29, 0.717) is 15.3 Å². The molecule has 0 aromatic heterocycles. The van der Waals surface area contributed by atoms with E-state index in [-0.39, 0.29) is 0 Å². The van der Waals surface area contributed by atoms with Gasteiger partial charge in [-0.3, -0.25) is 0 Å². The molecule has 0 aliphatic carbocycles. The zero-order valence-electron chi connectivity index (χ0n) is 3.27. The Morgan fingerprint density at radius 3 is 2.83 bits per heavy atom. The summed E-state index contributed by atoms with van der Waals surface area (Å²) in [5.74, 6) is 0. The summed E-state index contributed by atoms with van der Waals surface area (Å²) in [6.45, 7) is 0.665. The number of hydroxylamine groups is 1. The molecule has 3 nitrogen and oxygen atoms in total. The van der Waals surface area contributed by atoms with E-state index in [1.807, 2.05) is 0 Å². The van der Waals surface area contributed by atoms with Crippen molar-refractivity contribution in [3.05, 3.63) is 5.21 Å². The van der Waals surface area contributed by atoms with Crippen LogP contribution in [-0.2, 0) is 0 Å². The number of hydrogen-bond donors (Lipinski definition) is 1. The molecule has 0 spiro atoms. The Morgan fingerprint density at radius 1 is 1.83 bits per heavy atom. The first-order valence-electron chi connectivity index (χ1n) is 1.83. The van der Waals surface area contributed by atoms with Crippen LogP contribution in [0.1, 0.15) is 0 Å². The van der Waals surface area contributed by atoms with Gasteiger partial charge in [0.25, 0.3) is 0 Å². The van der Waals surface area contributed by atoms with Crippen molar-refractivity contribution < 1.29 is 0 Å². The predicted molar refractivity (Wildman–Crippen MR) is 26.4 cm³/mol. The second kappa shape index (κ2) is 1.85. The maximum atomic E-state index is 10.1. The van der Waals surface area contributed by atoms with E-state index in [1.165, 1.54) is 0 Å². The lowest BCUT2D eigenvalue weighted by Crippen LogP contribution is -2.19. The zero-order valence-corrected chi connectivity index (χ0v) is 4.27. The maximum absolute atomic E-state index is 10.1. The topological polar surface area (TPSA) is 38.3 Å². The van der Waals surface area contributed by atoms with Crippen LogP contribution in [-0.4, -0.2) is 17.9 Å². The highest BCUT2D eigenvalue weighted by Crippen LogP contribution is 2.10. The Labute approximate surface area is 38.1 Å². The van der Waals surface area contributed by atoms with Crippen LogP contribution in [0.2, 0.25) is 0 Å². The average Bonchev–Trinajstić information content (AvgIpc) is 1.86. The van der Waals surface area contributed by atoms with Crippen LogP contribution in [0.25, 0.3) is 0 Å². The molecule has 1 fully saturated rings. The molecule has 4 heteroatoms. The maximum Gasteiger partial charge on any atom is 0.00469 e. The molecule has 0 amide bonds. The molecule has 1 saturated heterocycles. The molecule has 1 aliphatic rings. The van der Waals surface area contributed by atoms with Gasteiger partial charge in [0.1, 0.15) is 0 Å². The van der Waals surface area contributed by atoms with E-state index < -0.39 is 0 Å². The molecule has 0 aromatic carbocycles. The molecule has 1 atom stereocenters. The lowest BCUT2D eigenvalue weighted by molar-refractivity contribution is 0.399. The lowest BCUT2D eigenvalue weighted by atomic mass is 10.8. The van der Waals surface area contributed by atoms with Gasteiger partial charge in [0.2, 0.25) is 0 Å². The fourth-order valence-electron chi connectivity index (χ4n) is 0.357. The fraction of sp³-hybridized carbons (Fsp3) is 1.00. The summed E-state index contributed by atoms with van der Waals surface area (Å²) in [5, 5.41) is 13.6. The fourth-order valence-corrected chi connectivity index (χ4v) is 1.07. The quantitative estimate of drug-likeness (QED) is 0.437. The molecule has 0 aromatic rings. The van der Waals surface area contributed by atoms with Gasteiger partial charge in [-0.15, -0.1) is 0 Å². The number of hydrogen-bond acceptors (Lipinski definition) is 3. The van der Waals surface area contributed by atoms with Crippen molar-refractivity contribution in [2.24, 2.45) is 0 Å². The Kier molecular flexibility index (Phi) is 1.37. The number of nitrogens with zero attached hydrogens (tertiary/aromatic N) is 1. The van der Waals surface area contributed by atoms with Gasteiger partial charge in [-0.2, -0.15) is 0 Å². The van der Waals surface area contributed by atoms with Gasteiger partial charge in [-0.05, 0) is 14.9 Å². The first kappa shape index (κ1) is 4.47. The standard InChI is InChI=1S/C2H6N2OP/c5-4-1-2-6-3-4/h3,6H,1-2H2/q-1. The Bertz CT molecular complexity index is 44.8. The second-order valence-electron chi connectivity index (χ2n) is 1.14. The van der Waals surface area contributed by atoms with Gasteiger partial charge in [0, 0.05) is 6.54 Å². The molecule has 1 N–H and O–H groups in total. The molecule has 36 valence electrons. The molecule has 1 aliphatic heterocycles. The van der Waals surface area contributed by atoms with Crippen LogP contribution >= 0.6 is 8.73 Å². The highest BCUT2D eigenvalue weighted by molar-refractivity contribution is 7.35. The third-order valence-corrected chi connectivity index (χ3v) is 1.52. The van der Waals surface area contributed by atoms with E-state index in [4.69, 9.17) is 0 Å². The minimum absolute atomic E-state index is 0.652. The van der Waals surface area contributed by atoms with E-state index in [9.17, 15) is 5.21 Å². The molecule has 0 radical (unpaired) electrons. The van der Waals surface area contributed by atoms with Crippen molar-refractivity contribution in [2.75, 3.05) is 12.7 Å². The number of hydrazine groups is 1. The Morgan fingerprint density at radius 2 is 2.67 bits per heavy atom. The molecule has 1 heterocycles. The third-order valence-electron chi connectivity index (χ3n) is 0.644. The molecule has 6 heavy (non-hydrogen) atoms. The number of nitrogens with one attached hydrogen (secondary N) is 1. The zero-order chi connectivity index (χ0) is 4.41. The molecular formula is C2H6N2OP-. The normalized spacial score (nSPS) is 29.5. The first-order valence-corrected chi connectivity index (χ1v) is 3.03. The summed E-state index contributed by atoms with van der Waals surface area (Å²) in [6, 6.07) is 0.